The van der Waals surface area contributed by atoms with Crippen molar-refractivity contribution >= 4 is 17.3 Å². The van der Waals surface area contributed by atoms with Crippen molar-refractivity contribution in [3.63, 3.8) is 0 Å². The van der Waals surface area contributed by atoms with Crippen molar-refractivity contribution in [2.24, 2.45) is 0 Å². The van der Waals surface area contributed by atoms with E-state index >= 15 is 0 Å². The molecule has 3 N–H and O–H groups in total. The Morgan fingerprint density at radius 3 is 2.68 bits per heavy atom. The Morgan fingerprint density at radius 1 is 1.21 bits per heavy atom. The zero-order valence-corrected chi connectivity index (χ0v) is 10.8. The summed E-state index contributed by atoms with van der Waals surface area (Å²) >= 11 is 0. The molecule has 0 radical (unpaired) electrons. The quantitative estimate of drug-likeness (QED) is 0.812. The fourth-order valence-electron chi connectivity index (χ4n) is 1.83. The lowest BCUT2D eigenvalue weighted by Crippen LogP contribution is -2.15. The van der Waals surface area contributed by atoms with Gasteiger partial charge in [-0.1, -0.05) is 12.1 Å². The summed E-state index contributed by atoms with van der Waals surface area (Å²) in [7, 11) is 0. The van der Waals surface area contributed by atoms with Crippen LogP contribution < -0.4 is 11.1 Å². The summed E-state index contributed by atoms with van der Waals surface area (Å²) in [5.74, 6) is -0.849. The van der Waals surface area contributed by atoms with Crippen LogP contribution in [0.3, 0.4) is 0 Å². The second-order valence-corrected chi connectivity index (χ2v) is 4.44. The second-order valence-electron chi connectivity index (χ2n) is 4.44. The minimum Gasteiger partial charge on any atom is -0.399 e. The predicted molar refractivity (Wildman–Crippen MR) is 74.7 cm³/mol. The van der Waals surface area contributed by atoms with E-state index in [-0.39, 0.29) is 11.6 Å². The van der Waals surface area contributed by atoms with Gasteiger partial charge in [0.05, 0.1) is 5.69 Å². The molecule has 0 aliphatic carbocycles. The lowest BCUT2D eigenvalue weighted by Gasteiger charge is -2.10. The number of anilines is 2. The van der Waals surface area contributed by atoms with Gasteiger partial charge in [-0.15, -0.1) is 0 Å². The maximum absolute atomic E-state index is 13.6. The van der Waals surface area contributed by atoms with Gasteiger partial charge in [0.2, 0.25) is 0 Å². The maximum atomic E-state index is 13.6. The smallest absolute Gasteiger partial charge is 0.256 e. The van der Waals surface area contributed by atoms with E-state index in [1.165, 1.54) is 18.2 Å². The molecular weight excluding hydrogens is 243 g/mol. The van der Waals surface area contributed by atoms with Crippen molar-refractivity contribution < 1.29 is 9.18 Å². The van der Waals surface area contributed by atoms with Crippen LogP contribution in [0, 0.1) is 19.7 Å². The monoisotopic (exact) mass is 258 g/mol. The van der Waals surface area contributed by atoms with Gasteiger partial charge in [0.15, 0.2) is 0 Å². The van der Waals surface area contributed by atoms with Crippen LogP contribution >= 0.6 is 0 Å². The summed E-state index contributed by atoms with van der Waals surface area (Å²) in [5, 5.41) is 2.54. The molecule has 1 amide bonds. The molecule has 0 atom stereocenters. The van der Waals surface area contributed by atoms with Crippen molar-refractivity contribution in [2.75, 3.05) is 11.1 Å². The Hall–Kier alpha value is -2.36. The van der Waals surface area contributed by atoms with Gasteiger partial charge in [0.1, 0.15) is 5.82 Å². The van der Waals surface area contributed by atoms with Crippen molar-refractivity contribution in [3.05, 3.63) is 58.9 Å². The zero-order chi connectivity index (χ0) is 14.0. The highest BCUT2D eigenvalue weighted by Crippen LogP contribution is 2.20. The fourth-order valence-corrected chi connectivity index (χ4v) is 1.83. The lowest BCUT2D eigenvalue weighted by atomic mass is 10.0. The molecule has 0 spiro atoms. The molecule has 2 aromatic rings. The standard InChI is InChI=1S/C15H15FN2O/c1-9-4-3-5-12(10(9)2)15(19)18-14-8-11(17)6-7-13(14)16/h3-8H,17H2,1-2H3,(H,18,19). The number of nitrogens with one attached hydrogen (secondary N) is 1. The van der Waals surface area contributed by atoms with Gasteiger partial charge >= 0.3 is 0 Å². The molecule has 3 nitrogen and oxygen atoms in total. The molecule has 0 saturated heterocycles. The summed E-state index contributed by atoms with van der Waals surface area (Å²) in [6.45, 7) is 3.78. The number of nitrogen functional groups attached to an aromatic ring is 1. The van der Waals surface area contributed by atoms with E-state index < -0.39 is 5.82 Å². The summed E-state index contributed by atoms with van der Waals surface area (Å²) in [4.78, 5) is 12.1. The van der Waals surface area contributed by atoms with E-state index in [1.807, 2.05) is 19.9 Å². The van der Waals surface area contributed by atoms with E-state index in [0.29, 0.717) is 11.3 Å². The first-order valence-corrected chi connectivity index (χ1v) is 5.91. The Bertz CT molecular complexity index is 638. The number of benzene rings is 2. The molecule has 0 bridgehead atoms. The lowest BCUT2D eigenvalue weighted by molar-refractivity contribution is 0.102. The van der Waals surface area contributed by atoms with Gasteiger partial charge in [-0.2, -0.15) is 0 Å². The van der Waals surface area contributed by atoms with E-state index in [4.69, 9.17) is 5.73 Å². The minimum absolute atomic E-state index is 0.0888. The molecular formula is C15H15FN2O. The Morgan fingerprint density at radius 2 is 1.95 bits per heavy atom. The fraction of sp³-hybridized carbons (Fsp3) is 0.133. The van der Waals surface area contributed by atoms with Crippen LogP contribution in [0.1, 0.15) is 21.5 Å². The Labute approximate surface area is 111 Å². The van der Waals surface area contributed by atoms with Crippen molar-refractivity contribution in [2.45, 2.75) is 13.8 Å². The molecule has 4 heteroatoms. The van der Waals surface area contributed by atoms with Gasteiger partial charge in [-0.05, 0) is 49.2 Å². The number of amides is 1. The van der Waals surface area contributed by atoms with Crippen LogP contribution in [-0.4, -0.2) is 5.91 Å². The number of hydrogen-bond acceptors (Lipinski definition) is 2. The SMILES string of the molecule is Cc1cccc(C(=O)Nc2cc(N)ccc2F)c1C. The maximum Gasteiger partial charge on any atom is 0.256 e. The zero-order valence-electron chi connectivity index (χ0n) is 10.8. The normalized spacial score (nSPS) is 10.3. The van der Waals surface area contributed by atoms with Crippen LogP contribution in [0.5, 0.6) is 0 Å². The molecule has 2 rings (SSSR count). The van der Waals surface area contributed by atoms with Crippen molar-refractivity contribution in [3.8, 4) is 0 Å². The highest BCUT2D eigenvalue weighted by Gasteiger charge is 2.12. The number of rotatable bonds is 2. The number of carbonyl (C=O) groups excluding carboxylic acids is 1. The predicted octanol–water partition coefficient (Wildman–Crippen LogP) is 3.28. The molecule has 0 aliphatic heterocycles. The third-order valence-corrected chi connectivity index (χ3v) is 3.09. The topological polar surface area (TPSA) is 55.1 Å². The molecule has 98 valence electrons. The number of halogens is 1. The first kappa shape index (κ1) is 13.1. The van der Waals surface area contributed by atoms with Gasteiger partial charge in [-0.25, -0.2) is 4.39 Å². The number of nitrogens with two attached hydrogens (primary N) is 1. The molecule has 0 aromatic heterocycles. The molecule has 0 heterocycles. The molecule has 0 fully saturated rings. The summed E-state index contributed by atoms with van der Waals surface area (Å²) in [6.07, 6.45) is 0. The third kappa shape index (κ3) is 2.73. The van der Waals surface area contributed by atoms with Crippen LogP contribution in [0.4, 0.5) is 15.8 Å². The average Bonchev–Trinajstić information content (AvgIpc) is 2.37. The molecule has 0 saturated carbocycles. The first-order valence-electron chi connectivity index (χ1n) is 5.91. The largest absolute Gasteiger partial charge is 0.399 e. The summed E-state index contributed by atoms with van der Waals surface area (Å²) in [6, 6.07) is 9.51. The highest BCUT2D eigenvalue weighted by molar-refractivity contribution is 6.05. The Balaban J connectivity index is 2.31. The van der Waals surface area contributed by atoms with E-state index in [2.05, 4.69) is 5.32 Å². The number of aryl methyl sites for hydroxylation is 1. The third-order valence-electron chi connectivity index (χ3n) is 3.09. The second kappa shape index (κ2) is 5.10. The van der Waals surface area contributed by atoms with Gasteiger partial charge in [-0.3, -0.25) is 4.79 Å². The van der Waals surface area contributed by atoms with Gasteiger partial charge in [0, 0.05) is 11.3 Å². The van der Waals surface area contributed by atoms with E-state index in [9.17, 15) is 9.18 Å². The number of carbonyl (C=O) groups is 1. The molecule has 0 unspecified atom stereocenters. The van der Waals surface area contributed by atoms with E-state index in [0.717, 1.165) is 11.1 Å². The molecule has 0 aliphatic rings. The molecule has 2 aromatic carbocycles. The van der Waals surface area contributed by atoms with Gasteiger partial charge in [0.25, 0.3) is 5.91 Å². The molecule has 19 heavy (non-hydrogen) atoms. The highest BCUT2D eigenvalue weighted by atomic mass is 19.1. The van der Waals surface area contributed by atoms with Crippen LogP contribution in [0.25, 0.3) is 0 Å². The van der Waals surface area contributed by atoms with Crippen molar-refractivity contribution in [1.82, 2.24) is 0 Å². The van der Waals surface area contributed by atoms with Crippen molar-refractivity contribution in [1.29, 1.82) is 0 Å². The Kier molecular flexibility index (Phi) is 3.51. The van der Waals surface area contributed by atoms with Crippen LogP contribution in [0.15, 0.2) is 36.4 Å². The van der Waals surface area contributed by atoms with Crippen LogP contribution in [-0.2, 0) is 0 Å². The van der Waals surface area contributed by atoms with Gasteiger partial charge < -0.3 is 11.1 Å². The summed E-state index contributed by atoms with van der Waals surface area (Å²) < 4.78 is 13.6. The first-order chi connectivity index (χ1) is 8.99. The average molecular weight is 258 g/mol. The van der Waals surface area contributed by atoms with E-state index in [1.54, 1.807) is 12.1 Å². The summed E-state index contributed by atoms with van der Waals surface area (Å²) in [5.41, 5.74) is 8.49. The minimum atomic E-state index is -0.507. The van der Waals surface area contributed by atoms with Crippen LogP contribution in [0.2, 0.25) is 0 Å². The number of hydrogen-bond donors (Lipinski definition) is 2.